The van der Waals surface area contributed by atoms with Crippen LogP contribution in [0.4, 0.5) is 9.80 Å². The summed E-state index contributed by atoms with van der Waals surface area (Å²) in [5, 5.41) is 15.9. The summed E-state index contributed by atoms with van der Waals surface area (Å²) in [4.78, 5) is 22.6. The molecule has 0 radical (unpaired) electrons. The van der Waals surface area contributed by atoms with Crippen molar-refractivity contribution < 1.29 is 24.2 Å². The summed E-state index contributed by atoms with van der Waals surface area (Å²) in [7, 11) is 0. The lowest BCUT2D eigenvalue weighted by molar-refractivity contribution is -0.131. The van der Waals surface area contributed by atoms with Crippen molar-refractivity contribution in [2.45, 2.75) is 20.1 Å². The van der Waals surface area contributed by atoms with Crippen LogP contribution >= 0.6 is 11.3 Å². The van der Waals surface area contributed by atoms with Crippen LogP contribution in [-0.2, 0) is 9.47 Å². The highest BCUT2D eigenvalue weighted by molar-refractivity contribution is 7.14. The Kier molecular flexibility index (Phi) is 6.99. The van der Waals surface area contributed by atoms with Crippen molar-refractivity contribution in [3.8, 4) is 0 Å². The Morgan fingerprint density at radius 3 is 2.55 bits per heavy atom. The van der Waals surface area contributed by atoms with E-state index in [1.54, 1.807) is 5.38 Å². The van der Waals surface area contributed by atoms with Gasteiger partial charge in [-0.15, -0.1) is 11.3 Å². The van der Waals surface area contributed by atoms with E-state index in [2.05, 4.69) is 10.6 Å². The second-order valence-corrected chi connectivity index (χ2v) is 4.56. The van der Waals surface area contributed by atoms with Gasteiger partial charge in [0.15, 0.2) is 6.29 Å². The van der Waals surface area contributed by atoms with Gasteiger partial charge >= 0.3 is 12.0 Å². The van der Waals surface area contributed by atoms with Crippen LogP contribution < -0.4 is 10.6 Å². The van der Waals surface area contributed by atoms with Crippen LogP contribution in [-0.4, -0.2) is 43.2 Å². The first-order valence-corrected chi connectivity index (χ1v) is 7.05. The molecule has 2 amide bonds. The summed E-state index contributed by atoms with van der Waals surface area (Å²) >= 11 is 1.15. The van der Waals surface area contributed by atoms with Gasteiger partial charge in [-0.1, -0.05) is 0 Å². The van der Waals surface area contributed by atoms with Crippen molar-refractivity contribution >= 4 is 28.3 Å². The topological polar surface area (TPSA) is 96.9 Å². The van der Waals surface area contributed by atoms with Gasteiger partial charge in [0, 0.05) is 13.2 Å². The molecule has 112 valence electrons. The summed E-state index contributed by atoms with van der Waals surface area (Å²) in [6, 6.07) is 0.936. The van der Waals surface area contributed by atoms with Crippen LogP contribution in [0.1, 0.15) is 24.2 Å². The first kappa shape index (κ1) is 16.4. The fourth-order valence-electron chi connectivity index (χ4n) is 1.44. The fourth-order valence-corrected chi connectivity index (χ4v) is 2.21. The number of aromatic carboxylic acids is 1. The Balaban J connectivity index is 2.46. The van der Waals surface area contributed by atoms with Crippen molar-refractivity contribution in [3.63, 3.8) is 0 Å². The number of carbonyl (C=O) groups excluding carboxylic acids is 1. The van der Waals surface area contributed by atoms with E-state index in [-0.39, 0.29) is 12.1 Å². The Morgan fingerprint density at radius 2 is 2.00 bits per heavy atom. The highest BCUT2D eigenvalue weighted by Crippen LogP contribution is 2.22. The molecule has 7 nitrogen and oxygen atoms in total. The number of hydrogen-bond donors (Lipinski definition) is 3. The van der Waals surface area contributed by atoms with Gasteiger partial charge in [-0.05, 0) is 25.3 Å². The Morgan fingerprint density at radius 1 is 1.35 bits per heavy atom. The van der Waals surface area contributed by atoms with Crippen LogP contribution in [0.15, 0.2) is 11.4 Å². The zero-order valence-electron chi connectivity index (χ0n) is 11.3. The molecule has 0 bridgehead atoms. The molecule has 0 aliphatic rings. The largest absolute Gasteiger partial charge is 0.478 e. The molecule has 0 saturated carbocycles. The summed E-state index contributed by atoms with van der Waals surface area (Å²) in [5.41, 5.74) is 0.0660. The molecule has 0 aliphatic heterocycles. The summed E-state index contributed by atoms with van der Waals surface area (Å²) < 4.78 is 10.5. The van der Waals surface area contributed by atoms with Crippen LogP contribution in [0.5, 0.6) is 0 Å². The number of anilines is 1. The van der Waals surface area contributed by atoms with Crippen LogP contribution in [0.3, 0.4) is 0 Å². The third kappa shape index (κ3) is 5.16. The standard InChI is InChI=1S/C12H18N2O5S/c1-3-18-9(19-4-2)7-13-12(17)14-10-8(11(15)16)5-6-20-10/h5-6,9H,3-4,7H2,1-2H3,(H,15,16)(H2,13,14,17). The third-order valence-electron chi connectivity index (χ3n) is 2.26. The van der Waals surface area contributed by atoms with Crippen molar-refractivity contribution in [1.82, 2.24) is 5.32 Å². The molecule has 0 spiro atoms. The zero-order chi connectivity index (χ0) is 15.0. The van der Waals surface area contributed by atoms with E-state index >= 15 is 0 Å². The van der Waals surface area contributed by atoms with Gasteiger partial charge < -0.3 is 19.9 Å². The number of hydrogen-bond acceptors (Lipinski definition) is 5. The lowest BCUT2D eigenvalue weighted by Crippen LogP contribution is -2.37. The second-order valence-electron chi connectivity index (χ2n) is 3.64. The van der Waals surface area contributed by atoms with Gasteiger partial charge in [-0.2, -0.15) is 0 Å². The van der Waals surface area contributed by atoms with E-state index in [1.807, 2.05) is 13.8 Å². The maximum atomic E-state index is 11.7. The molecule has 3 N–H and O–H groups in total. The predicted octanol–water partition coefficient (Wildman–Crippen LogP) is 1.97. The van der Waals surface area contributed by atoms with E-state index in [4.69, 9.17) is 14.6 Å². The molecule has 8 heteroatoms. The summed E-state index contributed by atoms with van der Waals surface area (Å²) in [6.07, 6.45) is -0.516. The maximum absolute atomic E-state index is 11.7. The number of thiophene rings is 1. The van der Waals surface area contributed by atoms with Crippen LogP contribution in [0, 0.1) is 0 Å². The molecule has 1 aromatic heterocycles. The van der Waals surface area contributed by atoms with E-state index in [9.17, 15) is 9.59 Å². The molecule has 0 atom stereocenters. The first-order chi connectivity index (χ1) is 9.58. The summed E-state index contributed by atoms with van der Waals surface area (Å²) in [6.45, 7) is 4.79. The molecule has 0 aromatic carbocycles. The molecular weight excluding hydrogens is 284 g/mol. The van der Waals surface area contributed by atoms with Crippen molar-refractivity contribution in [2.24, 2.45) is 0 Å². The quantitative estimate of drug-likeness (QED) is 0.638. The molecule has 1 aromatic rings. The Bertz CT molecular complexity index is 443. The maximum Gasteiger partial charge on any atom is 0.338 e. The van der Waals surface area contributed by atoms with Gasteiger partial charge in [-0.25, -0.2) is 9.59 Å². The van der Waals surface area contributed by atoms with Crippen LogP contribution in [0.25, 0.3) is 0 Å². The second kappa shape index (κ2) is 8.51. The van der Waals surface area contributed by atoms with Gasteiger partial charge in [0.1, 0.15) is 5.00 Å². The monoisotopic (exact) mass is 302 g/mol. The number of carbonyl (C=O) groups is 2. The zero-order valence-corrected chi connectivity index (χ0v) is 12.2. The number of amides is 2. The lowest BCUT2D eigenvalue weighted by atomic mass is 10.3. The van der Waals surface area contributed by atoms with E-state index in [1.165, 1.54) is 6.07 Å². The molecule has 0 unspecified atom stereocenters. The van der Waals surface area contributed by atoms with Gasteiger partial charge in [0.25, 0.3) is 0 Å². The highest BCUT2D eigenvalue weighted by Gasteiger charge is 2.15. The van der Waals surface area contributed by atoms with Crippen LogP contribution in [0.2, 0.25) is 0 Å². The summed E-state index contributed by atoms with van der Waals surface area (Å²) in [5.74, 6) is -1.08. The Labute approximate surface area is 120 Å². The fraction of sp³-hybridized carbons (Fsp3) is 0.500. The number of nitrogens with one attached hydrogen (secondary N) is 2. The van der Waals surface area contributed by atoms with Crippen molar-refractivity contribution in [2.75, 3.05) is 25.1 Å². The molecule has 20 heavy (non-hydrogen) atoms. The number of carboxylic acid groups (broad SMARTS) is 1. The number of carboxylic acids is 1. The number of urea groups is 1. The first-order valence-electron chi connectivity index (χ1n) is 6.17. The lowest BCUT2D eigenvalue weighted by Gasteiger charge is -2.17. The molecule has 0 aliphatic carbocycles. The SMILES string of the molecule is CCOC(CNC(=O)Nc1sccc1C(=O)O)OCC. The smallest absolute Gasteiger partial charge is 0.338 e. The molecule has 1 heterocycles. The molecule has 0 saturated heterocycles. The third-order valence-corrected chi connectivity index (χ3v) is 3.09. The predicted molar refractivity (Wildman–Crippen MR) is 75.3 cm³/mol. The van der Waals surface area contributed by atoms with E-state index in [0.717, 1.165) is 11.3 Å². The molecular formula is C12H18N2O5S. The minimum Gasteiger partial charge on any atom is -0.478 e. The number of rotatable bonds is 8. The van der Waals surface area contributed by atoms with E-state index in [0.29, 0.717) is 18.2 Å². The molecule has 0 fully saturated rings. The number of ether oxygens (including phenoxy) is 2. The van der Waals surface area contributed by atoms with Gasteiger partial charge in [-0.3, -0.25) is 5.32 Å². The minimum atomic E-state index is -1.08. The Hall–Kier alpha value is -1.64. The van der Waals surface area contributed by atoms with Gasteiger partial charge in [0.2, 0.25) is 0 Å². The highest BCUT2D eigenvalue weighted by atomic mass is 32.1. The molecule has 1 rings (SSSR count). The van der Waals surface area contributed by atoms with Crippen molar-refractivity contribution in [1.29, 1.82) is 0 Å². The normalized spacial score (nSPS) is 10.6. The van der Waals surface area contributed by atoms with E-state index < -0.39 is 18.3 Å². The van der Waals surface area contributed by atoms with Gasteiger partial charge in [0.05, 0.1) is 12.1 Å². The average Bonchev–Trinajstić information content (AvgIpc) is 2.84. The average molecular weight is 302 g/mol. The van der Waals surface area contributed by atoms with Crippen molar-refractivity contribution in [3.05, 3.63) is 17.0 Å². The minimum absolute atomic E-state index is 0.0660.